The number of rotatable bonds is 7. The van der Waals surface area contributed by atoms with E-state index in [1.165, 1.54) is 0 Å². The summed E-state index contributed by atoms with van der Waals surface area (Å²) < 4.78 is 5.65. The van der Waals surface area contributed by atoms with Gasteiger partial charge in [-0.15, -0.1) is 11.6 Å². The molecule has 0 radical (unpaired) electrons. The molecular formula is C17H19ClN4O2. The number of alkyl halides is 1. The number of carbonyl (C=O) groups is 1. The minimum atomic E-state index is -0.324. The van der Waals surface area contributed by atoms with Crippen molar-refractivity contribution in [1.82, 2.24) is 15.0 Å². The van der Waals surface area contributed by atoms with E-state index in [4.69, 9.17) is 16.3 Å². The first-order valence-electron chi connectivity index (χ1n) is 7.53. The van der Waals surface area contributed by atoms with E-state index in [0.29, 0.717) is 29.8 Å². The maximum absolute atomic E-state index is 11.4. The summed E-state index contributed by atoms with van der Waals surface area (Å²) >= 11 is 5.49. The molecule has 2 aromatic rings. The summed E-state index contributed by atoms with van der Waals surface area (Å²) in [5.74, 6) is 0.900. The molecule has 126 valence electrons. The molecule has 2 heterocycles. The fourth-order valence-electron chi connectivity index (χ4n) is 2.15. The number of amides is 1. The predicted octanol–water partition coefficient (Wildman–Crippen LogP) is 3.15. The van der Waals surface area contributed by atoms with Crippen LogP contribution >= 0.6 is 11.6 Å². The lowest BCUT2D eigenvalue weighted by Crippen LogP contribution is -2.14. The zero-order valence-corrected chi connectivity index (χ0v) is 14.4. The molecule has 0 saturated heterocycles. The Hall–Kier alpha value is -2.47. The fraction of sp³-hybridized carbons (Fsp3) is 0.294. The van der Waals surface area contributed by atoms with Crippen molar-refractivity contribution in [1.29, 1.82) is 0 Å². The minimum Gasteiger partial charge on any atom is -0.473 e. The van der Waals surface area contributed by atoms with Crippen molar-refractivity contribution in [3.8, 4) is 17.4 Å². The summed E-state index contributed by atoms with van der Waals surface area (Å²) in [5, 5.41) is 2.61. The molecule has 0 aliphatic rings. The van der Waals surface area contributed by atoms with Crippen molar-refractivity contribution in [2.45, 2.75) is 20.3 Å². The number of ether oxygens (including phenoxy) is 1. The first kappa shape index (κ1) is 17.9. The summed E-state index contributed by atoms with van der Waals surface area (Å²) in [5.41, 5.74) is 2.32. The number of nitrogens with zero attached hydrogens (tertiary/aromatic N) is 3. The molecule has 0 unspecified atom stereocenters. The molecule has 7 heteroatoms. The van der Waals surface area contributed by atoms with E-state index in [0.717, 1.165) is 17.7 Å². The zero-order chi connectivity index (χ0) is 17.5. The summed E-state index contributed by atoms with van der Waals surface area (Å²) in [6.07, 6.45) is 2.43. The highest BCUT2D eigenvalue weighted by atomic mass is 35.5. The van der Waals surface area contributed by atoms with Crippen LogP contribution in [0.5, 0.6) is 5.88 Å². The third kappa shape index (κ3) is 4.29. The lowest BCUT2D eigenvalue weighted by molar-refractivity contribution is -0.113. The quantitative estimate of drug-likeness (QED) is 0.615. The molecule has 0 bridgehead atoms. The van der Waals surface area contributed by atoms with Crippen LogP contribution < -0.4 is 10.1 Å². The molecule has 0 aliphatic heterocycles. The average Bonchev–Trinajstić information content (AvgIpc) is 2.59. The summed E-state index contributed by atoms with van der Waals surface area (Å²) in [7, 11) is 0. The van der Waals surface area contributed by atoms with Crippen LogP contribution in [0.25, 0.3) is 11.5 Å². The number of pyridine rings is 1. The van der Waals surface area contributed by atoms with Crippen molar-refractivity contribution < 1.29 is 9.53 Å². The van der Waals surface area contributed by atoms with Gasteiger partial charge in [0.1, 0.15) is 24.0 Å². The highest BCUT2D eigenvalue weighted by molar-refractivity contribution is 6.29. The highest BCUT2D eigenvalue weighted by Gasteiger charge is 2.14. The Labute approximate surface area is 146 Å². The lowest BCUT2D eigenvalue weighted by Gasteiger charge is -2.12. The van der Waals surface area contributed by atoms with Gasteiger partial charge in [0.25, 0.3) is 0 Å². The Bertz CT molecular complexity index is 749. The molecule has 24 heavy (non-hydrogen) atoms. The van der Waals surface area contributed by atoms with E-state index in [1.54, 1.807) is 24.3 Å². The maximum Gasteiger partial charge on any atom is 0.240 e. The van der Waals surface area contributed by atoms with Gasteiger partial charge in [-0.1, -0.05) is 25.6 Å². The minimum absolute atomic E-state index is 0.133. The number of nitrogens with one attached hydrogen (secondary N) is 1. The Balaban J connectivity index is 2.41. The van der Waals surface area contributed by atoms with Gasteiger partial charge < -0.3 is 10.1 Å². The number of carbonyl (C=O) groups excluding carboxylic acids is 1. The van der Waals surface area contributed by atoms with Gasteiger partial charge in [0.05, 0.1) is 0 Å². The van der Waals surface area contributed by atoms with Crippen molar-refractivity contribution in [3.05, 3.63) is 42.1 Å². The molecule has 0 spiro atoms. The van der Waals surface area contributed by atoms with Gasteiger partial charge in [-0.3, -0.25) is 4.79 Å². The van der Waals surface area contributed by atoms with Gasteiger partial charge in [0.2, 0.25) is 11.8 Å². The number of hydrogen-bond acceptors (Lipinski definition) is 5. The van der Waals surface area contributed by atoms with E-state index in [2.05, 4.69) is 26.8 Å². The smallest absolute Gasteiger partial charge is 0.240 e. The topological polar surface area (TPSA) is 77.0 Å². The normalized spacial score (nSPS) is 10.3. The summed E-state index contributed by atoms with van der Waals surface area (Å²) in [6.45, 7) is 7.94. The molecule has 1 N–H and O–H groups in total. The van der Waals surface area contributed by atoms with E-state index in [1.807, 2.05) is 13.8 Å². The van der Waals surface area contributed by atoms with E-state index >= 15 is 0 Å². The molecule has 1 amide bonds. The Morgan fingerprint density at radius 2 is 2.17 bits per heavy atom. The second-order valence-electron chi connectivity index (χ2n) is 4.96. The number of hydrogen-bond donors (Lipinski definition) is 1. The van der Waals surface area contributed by atoms with Crippen LogP contribution in [0, 0.1) is 6.92 Å². The van der Waals surface area contributed by atoms with Crippen molar-refractivity contribution in [2.75, 3.05) is 17.8 Å². The lowest BCUT2D eigenvalue weighted by atomic mass is 10.2. The number of aryl methyl sites for hydroxylation is 1. The molecule has 0 atom stereocenters. The van der Waals surface area contributed by atoms with Gasteiger partial charge in [-0.2, -0.15) is 4.98 Å². The van der Waals surface area contributed by atoms with Crippen LogP contribution in [0.4, 0.5) is 5.82 Å². The van der Waals surface area contributed by atoms with Crippen LogP contribution in [0.2, 0.25) is 0 Å². The fourth-order valence-corrected chi connectivity index (χ4v) is 2.22. The standard InChI is InChI=1S/C17H19ClN4O2/c1-4-9-24-17-12(5-2)11(3)19-16(22-17)13-7-6-8-14(20-13)21-15(23)10-18/h4,6-8H,1,5,9-10H2,2-3H3,(H,20,21,23). The van der Waals surface area contributed by atoms with Crippen molar-refractivity contribution in [2.24, 2.45) is 0 Å². The summed E-state index contributed by atoms with van der Waals surface area (Å²) in [6, 6.07) is 5.22. The largest absolute Gasteiger partial charge is 0.473 e. The van der Waals surface area contributed by atoms with Gasteiger partial charge >= 0.3 is 0 Å². The van der Waals surface area contributed by atoms with Gasteiger partial charge in [0.15, 0.2) is 5.82 Å². The third-order valence-corrected chi connectivity index (χ3v) is 3.48. The molecule has 0 saturated carbocycles. The van der Waals surface area contributed by atoms with Crippen LogP contribution in [0.1, 0.15) is 18.2 Å². The molecule has 0 fully saturated rings. The maximum atomic E-state index is 11.4. The highest BCUT2D eigenvalue weighted by Crippen LogP contribution is 2.24. The summed E-state index contributed by atoms with van der Waals surface area (Å²) in [4.78, 5) is 24.7. The molecule has 6 nitrogen and oxygen atoms in total. The van der Waals surface area contributed by atoms with E-state index < -0.39 is 0 Å². The van der Waals surface area contributed by atoms with Gasteiger partial charge in [-0.05, 0) is 25.5 Å². The second-order valence-corrected chi connectivity index (χ2v) is 5.23. The third-order valence-electron chi connectivity index (χ3n) is 3.23. The molecule has 0 aromatic carbocycles. The molecular weight excluding hydrogens is 328 g/mol. The van der Waals surface area contributed by atoms with Crippen molar-refractivity contribution in [3.63, 3.8) is 0 Å². The number of aromatic nitrogens is 3. The number of anilines is 1. The van der Waals surface area contributed by atoms with E-state index in [9.17, 15) is 4.79 Å². The Kier molecular flexibility index (Phi) is 6.26. The first-order chi connectivity index (χ1) is 11.6. The monoisotopic (exact) mass is 346 g/mol. The second kappa shape index (κ2) is 8.40. The Morgan fingerprint density at radius 3 is 2.83 bits per heavy atom. The average molecular weight is 347 g/mol. The van der Waals surface area contributed by atoms with Crippen LogP contribution in [-0.2, 0) is 11.2 Å². The van der Waals surface area contributed by atoms with Crippen molar-refractivity contribution >= 4 is 23.3 Å². The van der Waals surface area contributed by atoms with Crippen LogP contribution in [-0.4, -0.2) is 33.3 Å². The van der Waals surface area contributed by atoms with E-state index in [-0.39, 0.29) is 11.8 Å². The van der Waals surface area contributed by atoms with Crippen LogP contribution in [0.3, 0.4) is 0 Å². The SMILES string of the molecule is C=CCOc1nc(-c2cccc(NC(=O)CCl)n2)nc(C)c1CC. The zero-order valence-electron chi connectivity index (χ0n) is 13.7. The molecule has 0 aliphatic carbocycles. The Morgan fingerprint density at radius 1 is 1.38 bits per heavy atom. The van der Waals surface area contributed by atoms with Gasteiger partial charge in [-0.25, -0.2) is 9.97 Å². The van der Waals surface area contributed by atoms with Gasteiger partial charge in [0, 0.05) is 11.3 Å². The first-order valence-corrected chi connectivity index (χ1v) is 8.07. The predicted molar refractivity (Wildman–Crippen MR) is 94.4 cm³/mol. The van der Waals surface area contributed by atoms with Crippen LogP contribution in [0.15, 0.2) is 30.9 Å². The molecule has 2 aromatic heterocycles. The molecule has 2 rings (SSSR count). The number of halogens is 1.